The van der Waals surface area contributed by atoms with Gasteiger partial charge in [0, 0.05) is 12.6 Å². The molecular formula is C37H60ClN13O13. The number of nitrogens with zero attached hydrogens (tertiary/aromatic N) is 1. The number of hydrogen-bond acceptors (Lipinski definition) is 16. The highest BCUT2D eigenvalue weighted by Gasteiger charge is 2.51. The van der Waals surface area contributed by atoms with Crippen LogP contribution in [0.3, 0.4) is 0 Å². The lowest BCUT2D eigenvalue weighted by Crippen LogP contribution is -2.70. The van der Waals surface area contributed by atoms with E-state index in [9.17, 15) is 34.2 Å². The Morgan fingerprint density at radius 3 is 2.27 bits per heavy atom. The summed E-state index contributed by atoms with van der Waals surface area (Å²) in [6.45, 7) is 3.91. The Morgan fingerprint density at radius 2 is 1.58 bits per heavy atom. The van der Waals surface area contributed by atoms with Crippen molar-refractivity contribution in [2.75, 3.05) is 39.4 Å². The SMILES string of the molecule is C[C@H]1O[C@H](Oc2ccc(/C=C/C(=O)NCCCNCCCCN)cc2)[C@H](N=C(N)N)[C@@H](O)[C@@H]1NC(=O)N[C@H]1OC[C@@H](O[C@@H]2OC[C@H]3OC(=O)N[C@@H]3[C@H]2NC(N)=O)[C@H](O)[C@H]1NC(N)=O.Cl. The maximum Gasteiger partial charge on any atom is 0.407 e. The number of alkyl carbamates (subject to hydrolysis) is 1. The van der Waals surface area contributed by atoms with Gasteiger partial charge in [0.15, 0.2) is 18.5 Å². The van der Waals surface area contributed by atoms with E-state index in [0.717, 1.165) is 32.4 Å². The number of nitrogens with two attached hydrogens (primary N) is 5. The van der Waals surface area contributed by atoms with Crippen molar-refractivity contribution in [2.45, 2.75) is 106 Å². The molecule has 26 nitrogen and oxygen atoms in total. The van der Waals surface area contributed by atoms with Crippen LogP contribution in [0.1, 0.15) is 31.7 Å². The molecule has 358 valence electrons. The van der Waals surface area contributed by atoms with E-state index in [0.29, 0.717) is 24.4 Å². The maximum absolute atomic E-state index is 13.4. The molecule has 0 bridgehead atoms. The summed E-state index contributed by atoms with van der Waals surface area (Å²) in [6, 6.07) is -1.96. The number of halogens is 1. The first kappa shape index (κ1) is 51.2. The van der Waals surface area contributed by atoms with Crippen molar-refractivity contribution in [3.8, 4) is 5.75 Å². The van der Waals surface area contributed by atoms with E-state index in [4.69, 9.17) is 57.1 Å². The van der Waals surface area contributed by atoms with Crippen LogP contribution < -0.4 is 70.6 Å². The predicted octanol–water partition coefficient (Wildman–Crippen LogP) is -4.24. The Balaban J connectivity index is 0.00000898. The summed E-state index contributed by atoms with van der Waals surface area (Å²) in [5, 5.41) is 41.4. The van der Waals surface area contributed by atoms with Crippen LogP contribution in [-0.2, 0) is 28.5 Å². The van der Waals surface area contributed by atoms with E-state index in [2.05, 4.69) is 42.2 Å². The van der Waals surface area contributed by atoms with E-state index in [1.54, 1.807) is 37.3 Å². The molecule has 5 rings (SSSR count). The fourth-order valence-electron chi connectivity index (χ4n) is 7.33. The van der Waals surface area contributed by atoms with Gasteiger partial charge in [0.2, 0.25) is 12.2 Å². The van der Waals surface area contributed by atoms with E-state index in [1.807, 2.05) is 0 Å². The van der Waals surface area contributed by atoms with Gasteiger partial charge in [-0.05, 0) is 69.6 Å². The van der Waals surface area contributed by atoms with Gasteiger partial charge in [-0.2, -0.15) is 0 Å². The molecule has 4 heterocycles. The van der Waals surface area contributed by atoms with Gasteiger partial charge in [-0.3, -0.25) is 4.79 Å². The third-order valence-electron chi connectivity index (χ3n) is 10.4. The number of nitrogens with one attached hydrogen (secondary N) is 7. The normalized spacial score (nSPS) is 30.9. The molecule has 4 aliphatic rings. The molecule has 8 amide bonds. The number of rotatable bonds is 19. The van der Waals surface area contributed by atoms with Crippen molar-refractivity contribution in [2.24, 2.45) is 33.7 Å². The highest BCUT2D eigenvalue weighted by Crippen LogP contribution is 2.29. The molecule has 0 saturated carbocycles. The maximum atomic E-state index is 13.4. The molecule has 13 atom stereocenters. The number of aliphatic hydroxyl groups is 2. The van der Waals surface area contributed by atoms with Crippen LogP contribution in [0.2, 0.25) is 0 Å². The number of aliphatic imine (C=N–C) groups is 1. The Morgan fingerprint density at radius 1 is 0.875 bits per heavy atom. The number of amides is 8. The number of primary amides is 2. The number of fused-ring (bicyclic) bond motifs is 1. The van der Waals surface area contributed by atoms with E-state index in [-0.39, 0.29) is 31.5 Å². The van der Waals surface area contributed by atoms with Crippen molar-refractivity contribution >= 4 is 54.5 Å². The summed E-state index contributed by atoms with van der Waals surface area (Å²) in [5.74, 6) is -0.317. The van der Waals surface area contributed by atoms with E-state index >= 15 is 0 Å². The first-order valence-electron chi connectivity index (χ1n) is 20.4. The number of carbonyl (C=O) groups is 5. The average molecular weight is 930 g/mol. The smallest absolute Gasteiger partial charge is 0.407 e. The summed E-state index contributed by atoms with van der Waals surface area (Å²) >= 11 is 0. The molecular weight excluding hydrogens is 870 g/mol. The first-order chi connectivity index (χ1) is 30.1. The van der Waals surface area contributed by atoms with Gasteiger partial charge in [0.1, 0.15) is 48.3 Å². The van der Waals surface area contributed by atoms with Crippen molar-refractivity contribution < 1.29 is 62.6 Å². The van der Waals surface area contributed by atoms with Gasteiger partial charge in [0.25, 0.3) is 0 Å². The highest BCUT2D eigenvalue weighted by atomic mass is 35.5. The molecule has 4 aliphatic heterocycles. The molecule has 19 N–H and O–H groups in total. The van der Waals surface area contributed by atoms with Gasteiger partial charge < -0.3 is 105 Å². The average Bonchev–Trinajstić information content (AvgIpc) is 3.62. The Hall–Kier alpha value is -5.45. The van der Waals surface area contributed by atoms with Crippen molar-refractivity contribution in [1.82, 2.24) is 37.2 Å². The molecule has 4 saturated heterocycles. The van der Waals surface area contributed by atoms with E-state index < -0.39 is 110 Å². The number of benzene rings is 1. The highest BCUT2D eigenvalue weighted by molar-refractivity contribution is 5.91. The molecule has 0 aromatic heterocycles. The second kappa shape index (κ2) is 24.6. The second-order valence-corrected chi connectivity index (χ2v) is 15.1. The summed E-state index contributed by atoms with van der Waals surface area (Å²) < 4.78 is 34.6. The zero-order valence-corrected chi connectivity index (χ0v) is 35.8. The molecule has 1 aromatic rings. The summed E-state index contributed by atoms with van der Waals surface area (Å²) in [5.41, 5.74) is 28.3. The number of ether oxygens (including phenoxy) is 6. The second-order valence-electron chi connectivity index (χ2n) is 15.1. The standard InChI is InChI=1S/C37H59N13O13.ClH/c1-17-23(29(53)27(45-33(39)40)32(60-17)61-19-8-5-18(6-9-19)7-10-22(51)44-14-4-13-43-12-3-2-11-38)48-36(56)50-30-26(47-35(42)55)28(52)21(16-58-30)62-31-25(46-34(41)54)24-20(15-59-31)63-37(57)49-24;/h5-10,17,20-21,23-32,43,52-53H,2-4,11-16,38H2,1H3,(H,44,51)(H,49,57)(H4,39,40,45)(H3,41,46,54)(H3,42,47,55)(H2,48,50,56);1H/b10-7+;/t17-,20-,21-,23-,24+,25-,26-,27-,28+,29+,30+,31+,32-;/m1./s1. The minimum atomic E-state index is -1.60. The molecule has 0 spiro atoms. The summed E-state index contributed by atoms with van der Waals surface area (Å²) in [7, 11) is 0. The first-order valence-corrected chi connectivity index (χ1v) is 20.4. The minimum Gasteiger partial charge on any atom is -0.462 e. The molecule has 64 heavy (non-hydrogen) atoms. The van der Waals surface area contributed by atoms with Crippen LogP contribution in [0.4, 0.5) is 19.2 Å². The molecule has 27 heteroatoms. The van der Waals surface area contributed by atoms with Gasteiger partial charge in [0.05, 0.1) is 31.4 Å². The van der Waals surface area contributed by atoms with Gasteiger partial charge >= 0.3 is 24.2 Å². The minimum absolute atomic E-state index is 0. The lowest BCUT2D eigenvalue weighted by Gasteiger charge is -2.44. The Kier molecular flexibility index (Phi) is 19.6. The number of hydrogen-bond donors (Lipinski definition) is 14. The quantitative estimate of drug-likeness (QED) is 0.0270. The number of urea groups is 3. The number of aliphatic hydroxyl groups excluding tert-OH is 2. The van der Waals surface area contributed by atoms with Crippen molar-refractivity contribution in [3.05, 3.63) is 35.9 Å². The Labute approximate surface area is 374 Å². The molecule has 0 unspecified atom stereocenters. The summed E-state index contributed by atoms with van der Waals surface area (Å²) in [4.78, 5) is 65.5. The number of carbonyl (C=O) groups excluding carboxylic acids is 5. The van der Waals surface area contributed by atoms with Crippen LogP contribution >= 0.6 is 12.4 Å². The third-order valence-corrected chi connectivity index (χ3v) is 10.4. The molecule has 0 radical (unpaired) electrons. The van der Waals surface area contributed by atoms with Gasteiger partial charge in [-0.15, -0.1) is 12.4 Å². The monoisotopic (exact) mass is 929 g/mol. The van der Waals surface area contributed by atoms with Crippen LogP contribution in [0, 0.1) is 0 Å². The molecule has 0 aliphatic carbocycles. The van der Waals surface area contributed by atoms with Crippen molar-refractivity contribution in [3.63, 3.8) is 0 Å². The summed E-state index contributed by atoms with van der Waals surface area (Å²) in [6.07, 6.45) is -4.84. The van der Waals surface area contributed by atoms with Gasteiger partial charge in [-0.25, -0.2) is 24.2 Å². The molecule has 4 fully saturated rings. The fraction of sp³-hybridized carbons (Fsp3) is 0.622. The van der Waals surface area contributed by atoms with Crippen LogP contribution in [0.5, 0.6) is 5.75 Å². The van der Waals surface area contributed by atoms with Gasteiger partial charge in [-0.1, -0.05) is 12.1 Å². The Bertz CT molecular complexity index is 1780. The lowest BCUT2D eigenvalue weighted by atomic mass is 9.95. The van der Waals surface area contributed by atoms with Crippen molar-refractivity contribution in [1.29, 1.82) is 0 Å². The van der Waals surface area contributed by atoms with Crippen LogP contribution in [0.15, 0.2) is 35.3 Å². The predicted molar refractivity (Wildman–Crippen MR) is 228 cm³/mol. The van der Waals surface area contributed by atoms with Crippen LogP contribution in [-0.4, -0.2) is 165 Å². The largest absolute Gasteiger partial charge is 0.462 e. The zero-order chi connectivity index (χ0) is 45.6. The topological polar surface area (TPSA) is 408 Å². The number of guanidine groups is 1. The number of unbranched alkanes of at least 4 members (excludes halogenated alkanes) is 1. The lowest BCUT2D eigenvalue weighted by molar-refractivity contribution is -0.260. The van der Waals surface area contributed by atoms with Crippen LogP contribution in [0.25, 0.3) is 6.08 Å². The van der Waals surface area contributed by atoms with E-state index in [1.165, 1.54) is 6.08 Å². The molecule has 1 aromatic carbocycles. The fourth-order valence-corrected chi connectivity index (χ4v) is 7.33. The third kappa shape index (κ3) is 14.5. The zero-order valence-electron chi connectivity index (χ0n) is 35.0.